The maximum Gasteiger partial charge on any atom is 0.309 e. The summed E-state index contributed by atoms with van der Waals surface area (Å²) in [5, 5.41) is 10.1. The number of anilines is 1. The van der Waals surface area contributed by atoms with Crippen molar-refractivity contribution in [3.8, 4) is 0 Å². The number of benzene rings is 2. The second-order valence-electron chi connectivity index (χ2n) is 5.24. The number of halogens is 1. The number of carbonyl (C=O) groups is 2. The Bertz CT molecular complexity index is 700. The third-order valence-corrected chi connectivity index (χ3v) is 4.14. The fourth-order valence-corrected chi connectivity index (χ4v) is 3.02. The van der Waals surface area contributed by atoms with Crippen molar-refractivity contribution in [2.24, 2.45) is 5.92 Å². The van der Waals surface area contributed by atoms with Crippen LogP contribution in [0.3, 0.4) is 0 Å². The molecule has 0 bridgehead atoms. The summed E-state index contributed by atoms with van der Waals surface area (Å²) in [5.41, 5.74) is 1.47. The highest BCUT2D eigenvalue weighted by molar-refractivity contribution is 6.30. The summed E-state index contributed by atoms with van der Waals surface area (Å²) in [6.45, 7) is 0. The summed E-state index contributed by atoms with van der Waals surface area (Å²) in [6, 6.07) is 15.6. The molecule has 22 heavy (non-hydrogen) atoms. The molecular formula is C17H14ClNO3. The standard InChI is InChI=1S/C17H14ClNO3/c18-12-8-6-11(7-9-12)16-14(17(21)22)10-15(20)19(16)13-4-2-1-3-5-13/h1-9,14,16H,10H2,(H,21,22)/t14-,16+/m1/s1. The molecular weight excluding hydrogens is 302 g/mol. The van der Waals surface area contributed by atoms with Gasteiger partial charge in [0.05, 0.1) is 12.0 Å². The van der Waals surface area contributed by atoms with Gasteiger partial charge in [0.1, 0.15) is 0 Å². The summed E-state index contributed by atoms with van der Waals surface area (Å²) in [6.07, 6.45) is -0.00246. The van der Waals surface area contributed by atoms with E-state index in [0.717, 1.165) is 5.56 Å². The highest BCUT2D eigenvalue weighted by atomic mass is 35.5. The Hall–Kier alpha value is -2.33. The van der Waals surface area contributed by atoms with E-state index >= 15 is 0 Å². The van der Waals surface area contributed by atoms with Crippen LogP contribution in [0.15, 0.2) is 54.6 Å². The average molecular weight is 316 g/mol. The Balaban J connectivity index is 2.08. The molecule has 112 valence electrons. The van der Waals surface area contributed by atoms with E-state index in [1.54, 1.807) is 29.2 Å². The number of carbonyl (C=O) groups excluding carboxylic acids is 1. The molecule has 0 aromatic heterocycles. The van der Waals surface area contributed by atoms with Crippen molar-refractivity contribution >= 4 is 29.2 Å². The smallest absolute Gasteiger partial charge is 0.309 e. The lowest BCUT2D eigenvalue weighted by molar-refractivity contribution is -0.142. The van der Waals surface area contributed by atoms with Gasteiger partial charge in [-0.25, -0.2) is 0 Å². The van der Waals surface area contributed by atoms with Crippen LogP contribution >= 0.6 is 11.6 Å². The van der Waals surface area contributed by atoms with Crippen molar-refractivity contribution in [3.63, 3.8) is 0 Å². The first-order valence-corrected chi connectivity index (χ1v) is 7.31. The number of carboxylic acid groups (broad SMARTS) is 1. The fraction of sp³-hybridized carbons (Fsp3) is 0.176. The molecule has 1 aliphatic heterocycles. The summed E-state index contributed by atoms with van der Waals surface area (Å²) in [7, 11) is 0. The summed E-state index contributed by atoms with van der Waals surface area (Å²) in [4.78, 5) is 25.5. The molecule has 1 amide bonds. The van der Waals surface area contributed by atoms with E-state index < -0.39 is 17.9 Å². The molecule has 2 aromatic rings. The molecule has 3 rings (SSSR count). The fourth-order valence-electron chi connectivity index (χ4n) is 2.89. The number of nitrogens with zero attached hydrogens (tertiary/aromatic N) is 1. The maximum atomic E-state index is 12.4. The van der Waals surface area contributed by atoms with E-state index in [1.165, 1.54) is 0 Å². The lowest BCUT2D eigenvalue weighted by Gasteiger charge is -2.27. The Morgan fingerprint density at radius 3 is 2.32 bits per heavy atom. The average Bonchev–Trinajstić information content (AvgIpc) is 2.86. The van der Waals surface area contributed by atoms with Crippen molar-refractivity contribution < 1.29 is 14.7 Å². The van der Waals surface area contributed by atoms with E-state index in [4.69, 9.17) is 11.6 Å². The van der Waals surface area contributed by atoms with Crippen LogP contribution in [-0.4, -0.2) is 17.0 Å². The van der Waals surface area contributed by atoms with E-state index in [0.29, 0.717) is 10.7 Å². The van der Waals surface area contributed by atoms with Crippen molar-refractivity contribution in [2.45, 2.75) is 12.5 Å². The number of amides is 1. The number of aliphatic carboxylic acids is 1. The molecule has 1 saturated heterocycles. The highest BCUT2D eigenvalue weighted by Gasteiger charge is 2.45. The van der Waals surface area contributed by atoms with Crippen molar-refractivity contribution in [1.29, 1.82) is 0 Å². The quantitative estimate of drug-likeness (QED) is 0.942. The number of hydrogen-bond donors (Lipinski definition) is 1. The minimum atomic E-state index is -0.966. The van der Waals surface area contributed by atoms with Crippen LogP contribution in [0, 0.1) is 5.92 Å². The molecule has 0 saturated carbocycles. The third kappa shape index (κ3) is 2.57. The SMILES string of the molecule is O=C(O)[C@@H]1CC(=O)N(c2ccccc2)[C@H]1c1ccc(Cl)cc1. The molecule has 1 N–H and O–H groups in total. The molecule has 2 aromatic carbocycles. The first kappa shape index (κ1) is 14.6. The van der Waals surface area contributed by atoms with Crippen molar-refractivity contribution in [2.75, 3.05) is 4.90 Å². The normalized spacial score (nSPS) is 21.1. The minimum Gasteiger partial charge on any atom is -0.481 e. The second-order valence-corrected chi connectivity index (χ2v) is 5.68. The zero-order valence-electron chi connectivity index (χ0n) is 11.6. The molecule has 0 aliphatic carbocycles. The van der Waals surface area contributed by atoms with E-state index in [2.05, 4.69) is 0 Å². The van der Waals surface area contributed by atoms with Crippen molar-refractivity contribution in [3.05, 3.63) is 65.2 Å². The van der Waals surface area contributed by atoms with Gasteiger partial charge >= 0.3 is 5.97 Å². The van der Waals surface area contributed by atoms with Gasteiger partial charge in [-0.1, -0.05) is 41.9 Å². The van der Waals surface area contributed by atoms with Crippen LogP contribution in [0.4, 0.5) is 5.69 Å². The van der Waals surface area contributed by atoms with Gasteiger partial charge < -0.3 is 10.0 Å². The maximum absolute atomic E-state index is 12.4. The summed E-state index contributed by atoms with van der Waals surface area (Å²) in [5.74, 6) is -1.92. The lowest BCUT2D eigenvalue weighted by atomic mass is 9.93. The van der Waals surface area contributed by atoms with Crippen LogP contribution in [0.2, 0.25) is 5.02 Å². The zero-order valence-corrected chi connectivity index (χ0v) is 12.4. The molecule has 1 heterocycles. The van der Waals surface area contributed by atoms with Crippen LogP contribution in [-0.2, 0) is 9.59 Å². The van der Waals surface area contributed by atoms with Crippen LogP contribution < -0.4 is 4.90 Å². The molecule has 4 nitrogen and oxygen atoms in total. The zero-order chi connectivity index (χ0) is 15.7. The molecule has 0 radical (unpaired) electrons. The highest BCUT2D eigenvalue weighted by Crippen LogP contribution is 2.41. The topological polar surface area (TPSA) is 57.6 Å². The first-order valence-electron chi connectivity index (χ1n) is 6.93. The second kappa shape index (κ2) is 5.81. The van der Waals surface area contributed by atoms with Gasteiger partial charge in [-0.3, -0.25) is 9.59 Å². The Morgan fingerprint density at radius 1 is 1.09 bits per heavy atom. The van der Waals surface area contributed by atoms with Gasteiger partial charge in [0.2, 0.25) is 5.91 Å². The molecule has 2 atom stereocenters. The van der Waals surface area contributed by atoms with Gasteiger partial charge in [-0.2, -0.15) is 0 Å². The van der Waals surface area contributed by atoms with Gasteiger partial charge in [-0.05, 0) is 29.8 Å². The van der Waals surface area contributed by atoms with Gasteiger partial charge in [0.15, 0.2) is 0 Å². The van der Waals surface area contributed by atoms with Crippen LogP contribution in [0.25, 0.3) is 0 Å². The number of hydrogen-bond acceptors (Lipinski definition) is 2. The number of rotatable bonds is 3. The Morgan fingerprint density at radius 2 is 1.73 bits per heavy atom. The summed E-state index contributed by atoms with van der Waals surface area (Å²) < 4.78 is 0. The number of carboxylic acids is 1. The van der Waals surface area contributed by atoms with E-state index in [9.17, 15) is 14.7 Å². The monoisotopic (exact) mass is 315 g/mol. The van der Waals surface area contributed by atoms with E-state index in [-0.39, 0.29) is 12.3 Å². The number of para-hydroxylation sites is 1. The molecule has 1 aliphatic rings. The molecule has 5 heteroatoms. The Kier molecular flexibility index (Phi) is 3.86. The predicted octanol–water partition coefficient (Wildman–Crippen LogP) is 3.52. The predicted molar refractivity (Wildman–Crippen MR) is 83.9 cm³/mol. The molecule has 0 unspecified atom stereocenters. The van der Waals surface area contributed by atoms with Gasteiger partial charge in [-0.15, -0.1) is 0 Å². The van der Waals surface area contributed by atoms with E-state index in [1.807, 2.05) is 30.3 Å². The largest absolute Gasteiger partial charge is 0.481 e. The van der Waals surface area contributed by atoms with Gasteiger partial charge in [0.25, 0.3) is 0 Å². The van der Waals surface area contributed by atoms with Crippen LogP contribution in [0.1, 0.15) is 18.0 Å². The summed E-state index contributed by atoms with van der Waals surface area (Å²) >= 11 is 5.90. The van der Waals surface area contributed by atoms with Gasteiger partial charge in [0, 0.05) is 17.1 Å². The lowest BCUT2D eigenvalue weighted by Crippen LogP contribution is -2.30. The molecule has 1 fully saturated rings. The molecule has 0 spiro atoms. The van der Waals surface area contributed by atoms with Crippen LogP contribution in [0.5, 0.6) is 0 Å². The minimum absolute atomic E-state index is 0.00246. The van der Waals surface area contributed by atoms with Crippen molar-refractivity contribution in [1.82, 2.24) is 0 Å². The third-order valence-electron chi connectivity index (χ3n) is 3.89. The first-order chi connectivity index (χ1) is 10.6. The Labute approximate surface area is 132 Å².